The quantitative estimate of drug-likeness (QED) is 0.931. The lowest BCUT2D eigenvalue weighted by Gasteiger charge is -2.11. The smallest absolute Gasteiger partial charge is 0.171 e. The summed E-state index contributed by atoms with van der Waals surface area (Å²) in [6, 6.07) is 7.71. The standard InChI is InChI=1S/C14H13BrN4O/c1-8-9(2)18-19-14(11(8)7-16)17-10-4-5-12(15)13(6-10)20-3/h4-6H,1-3H3,(H,17,19). The van der Waals surface area contributed by atoms with E-state index in [0.717, 1.165) is 21.4 Å². The minimum atomic E-state index is 0.444. The number of nitriles is 1. The molecular weight excluding hydrogens is 320 g/mol. The van der Waals surface area contributed by atoms with E-state index in [-0.39, 0.29) is 0 Å². The summed E-state index contributed by atoms with van der Waals surface area (Å²) in [7, 11) is 1.60. The molecule has 2 rings (SSSR count). The summed E-state index contributed by atoms with van der Waals surface area (Å²) in [5, 5.41) is 20.4. The number of aryl methyl sites for hydroxylation is 1. The van der Waals surface area contributed by atoms with Gasteiger partial charge in [0.1, 0.15) is 17.4 Å². The van der Waals surface area contributed by atoms with E-state index in [1.54, 1.807) is 7.11 Å². The predicted molar refractivity (Wildman–Crippen MR) is 80.2 cm³/mol. The number of rotatable bonds is 3. The fourth-order valence-electron chi connectivity index (χ4n) is 1.71. The van der Waals surface area contributed by atoms with Gasteiger partial charge in [0, 0.05) is 11.8 Å². The Morgan fingerprint density at radius 2 is 2.05 bits per heavy atom. The Morgan fingerprint density at radius 3 is 2.70 bits per heavy atom. The van der Waals surface area contributed by atoms with Gasteiger partial charge in [0.15, 0.2) is 5.82 Å². The highest BCUT2D eigenvalue weighted by Crippen LogP contribution is 2.30. The molecule has 0 radical (unpaired) electrons. The molecule has 0 aliphatic rings. The maximum atomic E-state index is 9.26. The third-order valence-corrected chi connectivity index (χ3v) is 3.64. The molecular formula is C14H13BrN4O. The minimum absolute atomic E-state index is 0.444. The molecule has 0 fully saturated rings. The summed E-state index contributed by atoms with van der Waals surface area (Å²) in [6.07, 6.45) is 0. The van der Waals surface area contributed by atoms with Crippen molar-refractivity contribution in [2.75, 3.05) is 12.4 Å². The molecule has 0 amide bonds. The lowest BCUT2D eigenvalue weighted by Crippen LogP contribution is -2.03. The number of aromatic nitrogens is 2. The summed E-state index contributed by atoms with van der Waals surface area (Å²) in [6.45, 7) is 3.69. The van der Waals surface area contributed by atoms with Crippen LogP contribution in [0.3, 0.4) is 0 Å². The second kappa shape index (κ2) is 5.88. The number of halogens is 1. The average molecular weight is 333 g/mol. The molecule has 1 aromatic heterocycles. The van der Waals surface area contributed by atoms with Gasteiger partial charge in [0.05, 0.1) is 17.3 Å². The van der Waals surface area contributed by atoms with Crippen LogP contribution < -0.4 is 10.1 Å². The highest BCUT2D eigenvalue weighted by Gasteiger charge is 2.11. The highest BCUT2D eigenvalue weighted by molar-refractivity contribution is 9.10. The maximum Gasteiger partial charge on any atom is 0.171 e. The van der Waals surface area contributed by atoms with Crippen LogP contribution in [0.5, 0.6) is 5.75 Å². The first-order chi connectivity index (χ1) is 9.56. The van der Waals surface area contributed by atoms with E-state index >= 15 is 0 Å². The number of benzene rings is 1. The van der Waals surface area contributed by atoms with Crippen LogP contribution in [0, 0.1) is 25.2 Å². The largest absolute Gasteiger partial charge is 0.495 e. The second-order valence-corrected chi connectivity index (χ2v) is 5.07. The van der Waals surface area contributed by atoms with Crippen LogP contribution in [0.2, 0.25) is 0 Å². The Labute approximate surface area is 125 Å². The van der Waals surface area contributed by atoms with E-state index in [1.807, 2.05) is 32.0 Å². The van der Waals surface area contributed by atoms with Crippen molar-refractivity contribution < 1.29 is 4.74 Å². The van der Waals surface area contributed by atoms with Crippen LogP contribution in [0.4, 0.5) is 11.5 Å². The average Bonchev–Trinajstić information content (AvgIpc) is 2.45. The summed E-state index contributed by atoms with van der Waals surface area (Å²) in [4.78, 5) is 0. The van der Waals surface area contributed by atoms with E-state index in [4.69, 9.17) is 4.74 Å². The molecule has 0 saturated heterocycles. The molecule has 1 N–H and O–H groups in total. The van der Waals surface area contributed by atoms with Crippen LogP contribution in [-0.2, 0) is 0 Å². The van der Waals surface area contributed by atoms with Gasteiger partial charge in [0.2, 0.25) is 0 Å². The van der Waals surface area contributed by atoms with Crippen molar-refractivity contribution in [3.05, 3.63) is 39.5 Å². The van der Waals surface area contributed by atoms with Crippen molar-refractivity contribution >= 4 is 27.4 Å². The number of anilines is 2. The topological polar surface area (TPSA) is 70.8 Å². The molecule has 6 heteroatoms. The van der Waals surface area contributed by atoms with Crippen LogP contribution in [0.15, 0.2) is 22.7 Å². The summed E-state index contributed by atoms with van der Waals surface area (Å²) in [5.41, 5.74) is 2.85. The molecule has 2 aromatic rings. The van der Waals surface area contributed by atoms with Gasteiger partial charge in [-0.1, -0.05) is 0 Å². The Balaban J connectivity index is 2.41. The van der Waals surface area contributed by atoms with E-state index in [9.17, 15) is 5.26 Å². The number of hydrogen-bond donors (Lipinski definition) is 1. The summed E-state index contributed by atoms with van der Waals surface area (Å²) < 4.78 is 6.09. The third-order valence-electron chi connectivity index (χ3n) is 2.98. The van der Waals surface area contributed by atoms with E-state index in [0.29, 0.717) is 17.1 Å². The Morgan fingerprint density at radius 1 is 1.30 bits per heavy atom. The molecule has 0 atom stereocenters. The Kier molecular flexibility index (Phi) is 4.20. The first-order valence-electron chi connectivity index (χ1n) is 5.91. The molecule has 0 aliphatic carbocycles. The van der Waals surface area contributed by atoms with Gasteiger partial charge in [0.25, 0.3) is 0 Å². The van der Waals surface area contributed by atoms with Crippen molar-refractivity contribution in [3.63, 3.8) is 0 Å². The second-order valence-electron chi connectivity index (χ2n) is 4.22. The van der Waals surface area contributed by atoms with E-state index in [2.05, 4.69) is 37.5 Å². The Bertz CT molecular complexity index is 694. The maximum absolute atomic E-state index is 9.26. The fraction of sp³-hybridized carbons (Fsp3) is 0.214. The predicted octanol–water partition coefficient (Wildman–Crippen LogP) is 3.48. The molecule has 1 heterocycles. The van der Waals surface area contributed by atoms with Gasteiger partial charge < -0.3 is 10.1 Å². The van der Waals surface area contributed by atoms with E-state index < -0.39 is 0 Å². The first-order valence-corrected chi connectivity index (χ1v) is 6.70. The minimum Gasteiger partial charge on any atom is -0.495 e. The zero-order valence-electron chi connectivity index (χ0n) is 11.4. The fourth-order valence-corrected chi connectivity index (χ4v) is 2.12. The molecule has 5 nitrogen and oxygen atoms in total. The summed E-state index contributed by atoms with van der Waals surface area (Å²) in [5.74, 6) is 1.14. The number of nitrogens with one attached hydrogen (secondary N) is 1. The molecule has 0 aliphatic heterocycles. The number of nitrogens with zero attached hydrogens (tertiary/aromatic N) is 3. The van der Waals surface area contributed by atoms with Crippen LogP contribution in [-0.4, -0.2) is 17.3 Å². The van der Waals surface area contributed by atoms with Gasteiger partial charge in [-0.25, -0.2) is 0 Å². The number of hydrogen-bond acceptors (Lipinski definition) is 5. The monoisotopic (exact) mass is 332 g/mol. The number of methoxy groups -OCH3 is 1. The van der Waals surface area contributed by atoms with Crippen molar-refractivity contribution in [2.45, 2.75) is 13.8 Å². The first kappa shape index (κ1) is 14.3. The van der Waals surface area contributed by atoms with E-state index in [1.165, 1.54) is 0 Å². The van der Waals surface area contributed by atoms with Crippen LogP contribution in [0.25, 0.3) is 0 Å². The zero-order chi connectivity index (χ0) is 14.7. The van der Waals surface area contributed by atoms with Gasteiger partial charge in [-0.15, -0.1) is 5.10 Å². The molecule has 20 heavy (non-hydrogen) atoms. The van der Waals surface area contributed by atoms with Crippen molar-refractivity contribution in [3.8, 4) is 11.8 Å². The highest BCUT2D eigenvalue weighted by atomic mass is 79.9. The lowest BCUT2D eigenvalue weighted by atomic mass is 10.1. The van der Waals surface area contributed by atoms with Crippen LogP contribution in [0.1, 0.15) is 16.8 Å². The molecule has 0 bridgehead atoms. The third kappa shape index (κ3) is 2.73. The zero-order valence-corrected chi connectivity index (χ0v) is 12.9. The molecule has 0 unspecified atom stereocenters. The molecule has 0 spiro atoms. The molecule has 1 aromatic carbocycles. The SMILES string of the molecule is COc1cc(Nc2nnc(C)c(C)c2C#N)ccc1Br. The van der Waals surface area contributed by atoms with Crippen molar-refractivity contribution in [2.24, 2.45) is 0 Å². The van der Waals surface area contributed by atoms with Gasteiger partial charge in [-0.3, -0.25) is 0 Å². The lowest BCUT2D eigenvalue weighted by molar-refractivity contribution is 0.412. The molecule has 102 valence electrons. The van der Waals surface area contributed by atoms with Crippen molar-refractivity contribution in [1.82, 2.24) is 10.2 Å². The molecule has 0 saturated carbocycles. The summed E-state index contributed by atoms with van der Waals surface area (Å²) >= 11 is 3.39. The van der Waals surface area contributed by atoms with Gasteiger partial charge >= 0.3 is 0 Å². The number of ether oxygens (including phenoxy) is 1. The Hall–Kier alpha value is -2.13. The van der Waals surface area contributed by atoms with Crippen LogP contribution >= 0.6 is 15.9 Å². The van der Waals surface area contributed by atoms with Gasteiger partial charge in [-0.05, 0) is 47.5 Å². The normalized spacial score (nSPS) is 9.95. The van der Waals surface area contributed by atoms with Crippen molar-refractivity contribution in [1.29, 1.82) is 5.26 Å². The van der Waals surface area contributed by atoms with Gasteiger partial charge in [-0.2, -0.15) is 10.4 Å².